The molecule has 0 aromatic heterocycles. The maximum absolute atomic E-state index is 12.5. The van der Waals surface area contributed by atoms with Crippen LogP contribution >= 0.6 is 0 Å². The lowest BCUT2D eigenvalue weighted by molar-refractivity contribution is -0.148. The van der Waals surface area contributed by atoms with E-state index >= 15 is 0 Å². The van der Waals surface area contributed by atoms with E-state index in [-0.39, 0.29) is 0 Å². The third kappa shape index (κ3) is 5.70. The minimum atomic E-state index is -4.41. The highest BCUT2D eigenvalue weighted by Gasteiger charge is 2.29. The number of carbonyl (C=O) groups is 2. The van der Waals surface area contributed by atoms with Crippen LogP contribution in [0.2, 0.25) is 0 Å². The molecule has 0 heterocycles. The van der Waals surface area contributed by atoms with Crippen molar-refractivity contribution in [1.29, 1.82) is 0 Å². The average Bonchev–Trinajstić information content (AvgIpc) is 2.65. The van der Waals surface area contributed by atoms with Crippen molar-refractivity contribution in [1.82, 2.24) is 0 Å². The van der Waals surface area contributed by atoms with Gasteiger partial charge in [-0.25, -0.2) is 4.79 Å². The Labute approximate surface area is 154 Å². The number of benzene rings is 2. The summed E-state index contributed by atoms with van der Waals surface area (Å²) >= 11 is 0. The van der Waals surface area contributed by atoms with Crippen LogP contribution in [0.1, 0.15) is 18.1 Å². The largest absolute Gasteiger partial charge is 0.449 e. The molecule has 0 fully saturated rings. The molecule has 0 aliphatic carbocycles. The van der Waals surface area contributed by atoms with Crippen molar-refractivity contribution >= 4 is 23.6 Å². The summed E-state index contributed by atoms with van der Waals surface area (Å²) < 4.78 is 42.6. The summed E-state index contributed by atoms with van der Waals surface area (Å²) in [5, 5.41) is 0. The number of likely N-dealkylation sites (N-methyl/N-ethyl adjacent to an activating group) is 1. The highest BCUT2D eigenvalue weighted by Crippen LogP contribution is 2.29. The Hall–Kier alpha value is -3.09. The zero-order valence-corrected chi connectivity index (χ0v) is 14.7. The van der Waals surface area contributed by atoms with Gasteiger partial charge in [0.15, 0.2) is 6.10 Å². The highest BCUT2D eigenvalue weighted by atomic mass is 19.4. The van der Waals surface area contributed by atoms with Gasteiger partial charge in [0.25, 0.3) is 5.91 Å². The maximum atomic E-state index is 12.5. The molecule has 0 aliphatic rings. The van der Waals surface area contributed by atoms with Gasteiger partial charge in [0, 0.05) is 18.8 Å². The average molecular weight is 377 g/mol. The van der Waals surface area contributed by atoms with Crippen LogP contribution in [-0.4, -0.2) is 25.0 Å². The highest BCUT2D eigenvalue weighted by molar-refractivity contribution is 5.98. The first-order valence-corrected chi connectivity index (χ1v) is 8.07. The Morgan fingerprint density at radius 3 is 2.19 bits per heavy atom. The van der Waals surface area contributed by atoms with Gasteiger partial charge in [-0.3, -0.25) is 4.79 Å². The minimum Gasteiger partial charge on any atom is -0.449 e. The van der Waals surface area contributed by atoms with E-state index in [1.54, 1.807) is 31.3 Å². The second kappa shape index (κ2) is 8.53. The van der Waals surface area contributed by atoms with Gasteiger partial charge in [0.2, 0.25) is 0 Å². The summed E-state index contributed by atoms with van der Waals surface area (Å²) in [4.78, 5) is 25.5. The number of nitrogens with zero attached hydrogens (tertiary/aromatic N) is 1. The quantitative estimate of drug-likeness (QED) is 0.576. The van der Waals surface area contributed by atoms with E-state index in [9.17, 15) is 22.8 Å². The van der Waals surface area contributed by atoms with E-state index in [1.165, 1.54) is 30.0 Å². The van der Waals surface area contributed by atoms with Crippen molar-refractivity contribution in [2.45, 2.75) is 19.2 Å². The Balaban J connectivity index is 1.94. The number of hydrogen-bond donors (Lipinski definition) is 0. The molecule has 1 amide bonds. The Morgan fingerprint density at radius 2 is 1.63 bits per heavy atom. The molecule has 2 rings (SSSR count). The lowest BCUT2D eigenvalue weighted by Crippen LogP contribution is -2.37. The van der Waals surface area contributed by atoms with E-state index in [0.29, 0.717) is 11.3 Å². The fourth-order valence-electron chi connectivity index (χ4n) is 2.26. The molecule has 7 heteroatoms. The molecule has 27 heavy (non-hydrogen) atoms. The fraction of sp³-hybridized carbons (Fsp3) is 0.200. The number of amides is 1. The SMILES string of the molecule is C[C@@H](OC(=O)/C=C/c1ccc(C(F)(F)F)cc1)C(=O)N(C)c1ccccc1. The van der Waals surface area contributed by atoms with Crippen LogP contribution in [0.4, 0.5) is 18.9 Å². The van der Waals surface area contributed by atoms with Crippen LogP contribution in [0.25, 0.3) is 6.08 Å². The second-order valence-electron chi connectivity index (χ2n) is 5.77. The summed E-state index contributed by atoms with van der Waals surface area (Å²) in [5.74, 6) is -1.17. The molecule has 0 saturated carbocycles. The molecular weight excluding hydrogens is 359 g/mol. The number of ether oxygens (including phenoxy) is 1. The van der Waals surface area contributed by atoms with Crippen molar-refractivity contribution in [2.24, 2.45) is 0 Å². The molecule has 0 aliphatic heterocycles. The predicted octanol–water partition coefficient (Wildman–Crippen LogP) is 4.31. The van der Waals surface area contributed by atoms with Crippen LogP contribution in [0.3, 0.4) is 0 Å². The van der Waals surface area contributed by atoms with Crippen LogP contribution < -0.4 is 4.90 Å². The molecule has 0 radical (unpaired) electrons. The van der Waals surface area contributed by atoms with Crippen LogP contribution in [-0.2, 0) is 20.5 Å². The monoisotopic (exact) mass is 377 g/mol. The van der Waals surface area contributed by atoms with Gasteiger partial charge in [0.1, 0.15) is 0 Å². The number of para-hydroxylation sites is 1. The van der Waals surface area contributed by atoms with E-state index < -0.39 is 29.7 Å². The summed E-state index contributed by atoms with van der Waals surface area (Å²) in [6.07, 6.45) is -3.04. The van der Waals surface area contributed by atoms with E-state index in [1.807, 2.05) is 6.07 Å². The van der Waals surface area contributed by atoms with Gasteiger partial charge in [-0.2, -0.15) is 13.2 Å². The van der Waals surface area contributed by atoms with Crippen molar-refractivity contribution in [3.8, 4) is 0 Å². The van der Waals surface area contributed by atoms with Gasteiger partial charge in [0.05, 0.1) is 5.56 Å². The number of hydrogen-bond acceptors (Lipinski definition) is 3. The standard InChI is InChI=1S/C20H18F3NO3/c1-14(19(26)24(2)17-6-4-3-5-7-17)27-18(25)13-10-15-8-11-16(12-9-15)20(21,22)23/h3-14H,1-2H3/b13-10+/t14-/m1/s1. The van der Waals surface area contributed by atoms with Gasteiger partial charge in [-0.15, -0.1) is 0 Å². The molecule has 0 bridgehead atoms. The van der Waals surface area contributed by atoms with Crippen LogP contribution in [0.5, 0.6) is 0 Å². The van der Waals surface area contributed by atoms with Crippen molar-refractivity contribution in [3.63, 3.8) is 0 Å². The number of rotatable bonds is 5. The van der Waals surface area contributed by atoms with E-state index in [4.69, 9.17) is 4.74 Å². The third-order valence-electron chi connectivity index (χ3n) is 3.76. The van der Waals surface area contributed by atoms with Crippen LogP contribution in [0, 0.1) is 0 Å². The zero-order chi connectivity index (χ0) is 20.0. The summed E-state index contributed by atoms with van der Waals surface area (Å²) in [6.45, 7) is 1.45. The molecule has 0 N–H and O–H groups in total. The fourth-order valence-corrected chi connectivity index (χ4v) is 2.26. The molecule has 0 unspecified atom stereocenters. The Kier molecular flexibility index (Phi) is 6.39. The molecular formula is C20H18F3NO3. The maximum Gasteiger partial charge on any atom is 0.416 e. The summed E-state index contributed by atoms with van der Waals surface area (Å²) in [7, 11) is 1.57. The Bertz CT molecular complexity index is 815. The first-order chi connectivity index (χ1) is 12.7. The van der Waals surface area contributed by atoms with Crippen molar-refractivity contribution in [3.05, 3.63) is 71.8 Å². The number of esters is 1. The number of halogens is 3. The molecule has 142 valence electrons. The van der Waals surface area contributed by atoms with E-state index in [0.717, 1.165) is 18.2 Å². The van der Waals surface area contributed by atoms with Gasteiger partial charge in [-0.05, 0) is 42.8 Å². The van der Waals surface area contributed by atoms with Crippen molar-refractivity contribution < 1.29 is 27.5 Å². The molecule has 4 nitrogen and oxygen atoms in total. The Morgan fingerprint density at radius 1 is 1.04 bits per heavy atom. The van der Waals surface area contributed by atoms with Gasteiger partial charge < -0.3 is 9.64 Å². The van der Waals surface area contributed by atoms with Gasteiger partial charge in [-0.1, -0.05) is 30.3 Å². The second-order valence-corrected chi connectivity index (χ2v) is 5.77. The molecule has 0 saturated heterocycles. The number of anilines is 1. The molecule has 1 atom stereocenters. The third-order valence-corrected chi connectivity index (χ3v) is 3.76. The predicted molar refractivity (Wildman–Crippen MR) is 95.9 cm³/mol. The lowest BCUT2D eigenvalue weighted by atomic mass is 10.1. The molecule has 0 spiro atoms. The summed E-state index contributed by atoms with van der Waals surface area (Å²) in [6, 6.07) is 13.2. The van der Waals surface area contributed by atoms with Crippen LogP contribution in [0.15, 0.2) is 60.7 Å². The van der Waals surface area contributed by atoms with E-state index in [2.05, 4.69) is 0 Å². The molecule has 2 aromatic carbocycles. The summed E-state index contributed by atoms with van der Waals surface area (Å²) in [5.41, 5.74) is 0.288. The zero-order valence-electron chi connectivity index (χ0n) is 14.7. The smallest absolute Gasteiger partial charge is 0.416 e. The number of alkyl halides is 3. The lowest BCUT2D eigenvalue weighted by Gasteiger charge is -2.21. The van der Waals surface area contributed by atoms with Gasteiger partial charge >= 0.3 is 12.1 Å². The van der Waals surface area contributed by atoms with Crippen molar-refractivity contribution in [2.75, 3.05) is 11.9 Å². The molecule has 2 aromatic rings. The topological polar surface area (TPSA) is 46.6 Å². The first kappa shape index (κ1) is 20.2. The normalized spacial score (nSPS) is 12.6. The number of carbonyl (C=O) groups excluding carboxylic acids is 2. The first-order valence-electron chi connectivity index (χ1n) is 8.07. The minimum absolute atomic E-state index is 0.403.